The van der Waals surface area contributed by atoms with Gasteiger partial charge in [-0.25, -0.2) is 0 Å². The van der Waals surface area contributed by atoms with Crippen LogP contribution in [0.3, 0.4) is 0 Å². The highest BCUT2D eigenvalue weighted by Gasteiger charge is 2.38. The average molecular weight is 1030 g/mol. The number of rotatable bonds is 11. The fourth-order valence-corrected chi connectivity index (χ4v) is 12.5. The van der Waals surface area contributed by atoms with Crippen LogP contribution in [0.4, 0.5) is 51.2 Å². The van der Waals surface area contributed by atoms with E-state index in [1.54, 1.807) is 0 Å². The van der Waals surface area contributed by atoms with Gasteiger partial charge in [0.1, 0.15) is 0 Å². The quantitative estimate of drug-likeness (QED) is 0.120. The molecule has 0 aromatic heterocycles. The second-order valence-electron chi connectivity index (χ2n) is 22.2. The number of hydrogen-bond acceptors (Lipinski definition) is 4. The molecular weight excluding hydrogens is 971 g/mol. The molecule has 0 amide bonds. The van der Waals surface area contributed by atoms with Crippen molar-refractivity contribution in [3.8, 4) is 33.8 Å². The third-order valence-corrected chi connectivity index (χ3v) is 16.6. The van der Waals surface area contributed by atoms with Crippen molar-refractivity contribution < 1.29 is 4.74 Å². The summed E-state index contributed by atoms with van der Waals surface area (Å²) in [7, 11) is 0. The Morgan fingerprint density at radius 3 is 0.963 bits per heavy atom. The molecule has 4 nitrogen and oxygen atoms in total. The zero-order chi connectivity index (χ0) is 54.0. The molecule has 11 aromatic rings. The zero-order valence-corrected chi connectivity index (χ0v) is 45.4. The van der Waals surface area contributed by atoms with Crippen LogP contribution in [0.2, 0.25) is 0 Å². The van der Waals surface area contributed by atoms with Crippen molar-refractivity contribution in [2.75, 3.05) is 14.7 Å². The molecule has 1 aliphatic heterocycles. The number of fused-ring (bicyclic) bond motifs is 8. The van der Waals surface area contributed by atoms with E-state index < -0.39 is 0 Å². The first-order chi connectivity index (χ1) is 39.2. The van der Waals surface area contributed by atoms with Gasteiger partial charge in [-0.1, -0.05) is 204 Å². The summed E-state index contributed by atoms with van der Waals surface area (Å²) in [5.41, 5.74) is 24.5. The molecule has 0 unspecified atom stereocenters. The van der Waals surface area contributed by atoms with E-state index >= 15 is 0 Å². The Balaban J connectivity index is 0.734. The van der Waals surface area contributed by atoms with Crippen LogP contribution in [0.5, 0.6) is 11.5 Å². The SMILES string of the molecule is CC1(C)c2cc(C=Cc3ccc4c(c3)N(c3ccccc3)c3cc(C=Cc5ccc6c(c5)C(C)(C)c5cc(N(c7ccccc7)c7ccccc7)ccc5-6)ccc3O4)ccc2-c2ccc(N(c3ccccc3)c3ccccc3)cc21. The van der Waals surface area contributed by atoms with Crippen molar-refractivity contribution in [2.45, 2.75) is 38.5 Å². The van der Waals surface area contributed by atoms with E-state index in [0.717, 1.165) is 84.9 Å². The summed E-state index contributed by atoms with van der Waals surface area (Å²) in [5, 5.41) is 0. The lowest BCUT2D eigenvalue weighted by Crippen LogP contribution is -2.16. The summed E-state index contributed by atoms with van der Waals surface area (Å²) >= 11 is 0. The molecule has 3 aliphatic rings. The van der Waals surface area contributed by atoms with E-state index in [1.807, 2.05) is 0 Å². The van der Waals surface area contributed by atoms with Gasteiger partial charge in [0.2, 0.25) is 0 Å². The van der Waals surface area contributed by atoms with E-state index in [1.165, 1.54) is 44.5 Å². The van der Waals surface area contributed by atoms with Gasteiger partial charge in [-0.3, -0.25) is 0 Å². The van der Waals surface area contributed by atoms with Gasteiger partial charge >= 0.3 is 0 Å². The van der Waals surface area contributed by atoms with E-state index in [9.17, 15) is 0 Å². The van der Waals surface area contributed by atoms with Crippen molar-refractivity contribution >= 4 is 75.5 Å². The van der Waals surface area contributed by atoms with Crippen LogP contribution < -0.4 is 19.4 Å². The Morgan fingerprint density at radius 2 is 0.600 bits per heavy atom. The van der Waals surface area contributed by atoms with Gasteiger partial charge in [0.15, 0.2) is 11.5 Å². The predicted molar refractivity (Wildman–Crippen MR) is 336 cm³/mol. The Labute approximate surface area is 470 Å². The second-order valence-corrected chi connectivity index (χ2v) is 22.2. The van der Waals surface area contributed by atoms with E-state index in [2.05, 4.69) is 328 Å². The number of hydrogen-bond donors (Lipinski definition) is 0. The Kier molecular flexibility index (Phi) is 11.8. The monoisotopic (exact) mass is 1030 g/mol. The fraction of sp³-hybridized carbons (Fsp3) is 0.0789. The topological polar surface area (TPSA) is 19.0 Å². The van der Waals surface area contributed by atoms with Crippen molar-refractivity contribution in [1.82, 2.24) is 0 Å². The van der Waals surface area contributed by atoms with Crippen LogP contribution in [0.1, 0.15) is 72.2 Å². The van der Waals surface area contributed by atoms with Crippen LogP contribution in [0, 0.1) is 0 Å². The van der Waals surface area contributed by atoms with Crippen LogP contribution >= 0.6 is 0 Å². The summed E-state index contributed by atoms with van der Waals surface area (Å²) in [6.45, 7) is 9.44. The van der Waals surface area contributed by atoms with Gasteiger partial charge in [0.25, 0.3) is 0 Å². The minimum atomic E-state index is -0.199. The maximum atomic E-state index is 6.72. The molecule has 0 saturated heterocycles. The smallest absolute Gasteiger partial charge is 0.151 e. The van der Waals surface area contributed by atoms with Gasteiger partial charge in [-0.15, -0.1) is 0 Å². The number of nitrogens with zero attached hydrogens (tertiary/aromatic N) is 3. The van der Waals surface area contributed by atoms with Gasteiger partial charge in [-0.05, 0) is 176 Å². The van der Waals surface area contributed by atoms with Crippen molar-refractivity contribution in [2.24, 2.45) is 0 Å². The van der Waals surface area contributed by atoms with Crippen molar-refractivity contribution in [3.63, 3.8) is 0 Å². The lowest BCUT2D eigenvalue weighted by Gasteiger charge is -2.33. The molecule has 4 heteroatoms. The number of ether oxygens (including phenoxy) is 1. The maximum absolute atomic E-state index is 6.72. The molecule has 0 spiro atoms. The predicted octanol–water partition coefficient (Wildman–Crippen LogP) is 21.2. The van der Waals surface area contributed by atoms with E-state index in [4.69, 9.17) is 4.74 Å². The lowest BCUT2D eigenvalue weighted by atomic mass is 9.81. The van der Waals surface area contributed by atoms with Crippen LogP contribution in [0.25, 0.3) is 46.6 Å². The summed E-state index contributed by atoms with van der Waals surface area (Å²) in [5.74, 6) is 1.64. The summed E-state index contributed by atoms with van der Waals surface area (Å²) < 4.78 is 6.72. The first-order valence-corrected chi connectivity index (χ1v) is 27.7. The van der Waals surface area contributed by atoms with Crippen LogP contribution in [0.15, 0.2) is 261 Å². The Morgan fingerprint density at radius 1 is 0.300 bits per heavy atom. The molecule has 0 atom stereocenters. The normalized spacial score (nSPS) is 13.9. The minimum absolute atomic E-state index is 0.199. The first-order valence-electron chi connectivity index (χ1n) is 27.7. The summed E-state index contributed by atoms with van der Waals surface area (Å²) in [6, 6.07) is 94.0. The number of para-hydroxylation sites is 5. The molecule has 0 bridgehead atoms. The summed E-state index contributed by atoms with van der Waals surface area (Å²) in [6.07, 6.45) is 8.94. The first kappa shape index (κ1) is 48.5. The van der Waals surface area contributed by atoms with Crippen LogP contribution in [-0.4, -0.2) is 0 Å². The van der Waals surface area contributed by atoms with Gasteiger partial charge in [0.05, 0.1) is 11.4 Å². The van der Waals surface area contributed by atoms with Gasteiger partial charge in [-0.2, -0.15) is 0 Å². The van der Waals surface area contributed by atoms with Crippen molar-refractivity contribution in [3.05, 3.63) is 305 Å². The number of anilines is 9. The molecule has 80 heavy (non-hydrogen) atoms. The maximum Gasteiger partial charge on any atom is 0.151 e. The van der Waals surface area contributed by atoms with Gasteiger partial charge < -0.3 is 19.4 Å². The molecular formula is C76H59N3O. The zero-order valence-electron chi connectivity index (χ0n) is 45.4. The molecule has 1 heterocycles. The molecule has 0 radical (unpaired) electrons. The van der Waals surface area contributed by atoms with E-state index in [0.29, 0.717) is 0 Å². The molecule has 0 N–H and O–H groups in total. The molecule has 11 aromatic carbocycles. The highest BCUT2D eigenvalue weighted by atomic mass is 16.5. The average Bonchev–Trinajstić information content (AvgIpc) is 3.93. The third-order valence-electron chi connectivity index (χ3n) is 16.6. The molecule has 0 saturated carbocycles. The standard InChI is InChI=1S/C76H59N3O/c1-75(2)67-46-52(34-40-63(67)65-42-38-61(50-69(65)75)77(56-20-10-5-11-21-56)57-22-12-6-13-23-57)30-32-54-36-44-73-71(48-54)79(60-28-18-9-19-29-60)72-49-55(37-45-74(72)80-73)33-31-53-35-41-64-66-43-39-62(51-70(66)76(3,4)68(64)47-53)78(58-24-14-7-15-25-58)59-26-16-8-17-27-59/h5-51H,1-4H3. The second kappa shape index (κ2) is 19.5. The minimum Gasteiger partial charge on any atom is -0.453 e. The lowest BCUT2D eigenvalue weighted by molar-refractivity contribution is 0.477. The molecule has 384 valence electrons. The molecule has 14 rings (SSSR count). The third kappa shape index (κ3) is 8.48. The highest BCUT2D eigenvalue weighted by Crippen LogP contribution is 2.54. The number of benzene rings is 11. The van der Waals surface area contributed by atoms with Crippen LogP contribution in [-0.2, 0) is 10.8 Å². The van der Waals surface area contributed by atoms with E-state index in [-0.39, 0.29) is 10.8 Å². The summed E-state index contributed by atoms with van der Waals surface area (Å²) in [4.78, 5) is 7.03. The fourth-order valence-electron chi connectivity index (χ4n) is 12.5. The highest BCUT2D eigenvalue weighted by molar-refractivity contribution is 5.92. The van der Waals surface area contributed by atoms with Crippen molar-refractivity contribution in [1.29, 1.82) is 0 Å². The largest absolute Gasteiger partial charge is 0.453 e. The van der Waals surface area contributed by atoms with Gasteiger partial charge in [0, 0.05) is 50.6 Å². The Hall–Kier alpha value is -9.90. The molecule has 0 fully saturated rings. The molecule has 2 aliphatic carbocycles. The Bertz CT molecular complexity index is 3870.